The van der Waals surface area contributed by atoms with Crippen molar-refractivity contribution in [3.63, 3.8) is 0 Å². The zero-order valence-corrected chi connectivity index (χ0v) is 32.8. The number of rotatable bonds is 11. The molecule has 2 saturated carbocycles. The first-order chi connectivity index (χ1) is 24.4. The number of para-hydroxylation sites is 1. The number of hydrogen-bond donors (Lipinski definition) is 2. The second kappa shape index (κ2) is 16.3. The van der Waals surface area contributed by atoms with Crippen LogP contribution in [0.2, 0.25) is 5.02 Å². The van der Waals surface area contributed by atoms with E-state index in [0.29, 0.717) is 35.5 Å². The van der Waals surface area contributed by atoms with Gasteiger partial charge in [0, 0.05) is 12.1 Å². The second-order valence-corrected chi connectivity index (χ2v) is 18.4. The Morgan fingerprint density at radius 2 is 1.57 bits per heavy atom. The van der Waals surface area contributed by atoms with Crippen LogP contribution in [0.25, 0.3) is 5.57 Å². The first-order valence-electron chi connectivity index (χ1n) is 19.1. The fourth-order valence-corrected chi connectivity index (χ4v) is 9.80. The van der Waals surface area contributed by atoms with E-state index >= 15 is 0 Å². The molecular formula is C41H56ClN5O3S. The van der Waals surface area contributed by atoms with Gasteiger partial charge in [-0.15, -0.1) is 0 Å². The molecule has 0 radical (unpaired) electrons. The number of aromatic nitrogens is 2. The third kappa shape index (κ3) is 8.58. The highest BCUT2D eigenvalue weighted by Crippen LogP contribution is 2.44. The number of sulfone groups is 1. The predicted molar refractivity (Wildman–Crippen MR) is 210 cm³/mol. The molecule has 0 unspecified atom stereocenters. The van der Waals surface area contributed by atoms with Crippen LogP contribution in [0.3, 0.4) is 0 Å². The van der Waals surface area contributed by atoms with E-state index < -0.39 is 15.1 Å². The molecule has 6 rings (SSSR count). The fourth-order valence-electron chi connectivity index (χ4n) is 8.46. The minimum atomic E-state index is -3.55. The van der Waals surface area contributed by atoms with Gasteiger partial charge in [0.2, 0.25) is 5.95 Å². The number of likely N-dealkylation sites (N-methyl/N-ethyl adjacent to an activating group) is 1. The Bertz CT molecular complexity index is 1820. The summed E-state index contributed by atoms with van der Waals surface area (Å²) in [4.78, 5) is 12.1. The molecule has 10 heteroatoms. The van der Waals surface area contributed by atoms with Crippen LogP contribution in [0.4, 0.5) is 23.1 Å². The van der Waals surface area contributed by atoms with Gasteiger partial charge in [0.15, 0.2) is 15.7 Å². The maximum absolute atomic E-state index is 13.1. The molecule has 0 amide bonds. The highest BCUT2D eigenvalue weighted by atomic mass is 35.5. The molecule has 2 N–H and O–H groups in total. The number of nitrogens with one attached hydrogen (secondary N) is 2. The zero-order valence-electron chi connectivity index (χ0n) is 31.2. The molecular weight excluding hydrogens is 678 g/mol. The van der Waals surface area contributed by atoms with Gasteiger partial charge in [0.05, 0.1) is 33.8 Å². The van der Waals surface area contributed by atoms with Crippen LogP contribution in [-0.2, 0) is 9.84 Å². The van der Waals surface area contributed by atoms with E-state index in [-0.39, 0.29) is 16.0 Å². The highest BCUT2D eigenvalue weighted by molar-refractivity contribution is 7.92. The van der Waals surface area contributed by atoms with Crippen molar-refractivity contribution in [3.05, 3.63) is 64.8 Å². The molecule has 0 bridgehead atoms. The summed E-state index contributed by atoms with van der Waals surface area (Å²) in [6.45, 7) is 9.61. The molecule has 1 aromatic heterocycles. The lowest BCUT2D eigenvalue weighted by Gasteiger charge is -2.47. The molecule has 276 valence electrons. The van der Waals surface area contributed by atoms with Crippen molar-refractivity contribution in [2.24, 2.45) is 11.8 Å². The molecule has 0 saturated heterocycles. The van der Waals surface area contributed by atoms with Crippen molar-refractivity contribution < 1.29 is 13.2 Å². The first kappa shape index (κ1) is 37.6. The molecule has 8 nitrogen and oxygen atoms in total. The van der Waals surface area contributed by atoms with Crippen molar-refractivity contribution in [3.8, 4) is 5.75 Å². The summed E-state index contributed by atoms with van der Waals surface area (Å²) in [5.74, 6) is 2.82. The van der Waals surface area contributed by atoms with Gasteiger partial charge in [-0.25, -0.2) is 13.4 Å². The van der Waals surface area contributed by atoms with Gasteiger partial charge in [0.1, 0.15) is 10.8 Å². The second-order valence-electron chi connectivity index (χ2n) is 15.5. The Morgan fingerprint density at radius 1 is 0.902 bits per heavy atom. The van der Waals surface area contributed by atoms with Crippen molar-refractivity contribution in [2.45, 2.75) is 134 Å². The normalized spacial score (nSPS) is 21.2. The smallest absolute Gasteiger partial charge is 0.229 e. The summed E-state index contributed by atoms with van der Waals surface area (Å²) in [6.07, 6.45) is 18.5. The zero-order chi connectivity index (χ0) is 36.3. The molecule has 51 heavy (non-hydrogen) atoms. The lowest BCUT2D eigenvalue weighted by molar-refractivity contribution is 0.0777. The average molecular weight is 734 g/mol. The SMILES string of the molecule is Cc1cc(Nc2ncc(Cl)c(Nc3ccccc3S(=O)(=O)C(C)C)n2)c(OC(C)C)cc1C1=C[C@@H](C2CCCCC2)N(C)[C@@H](C2CCCCC2)C1. The Balaban J connectivity index is 1.33. The van der Waals surface area contributed by atoms with Gasteiger partial charge < -0.3 is 15.4 Å². The molecule has 2 heterocycles. The number of hydrogen-bond acceptors (Lipinski definition) is 8. The third-order valence-electron chi connectivity index (χ3n) is 11.2. The Hall–Kier alpha value is -3.14. The van der Waals surface area contributed by atoms with Crippen LogP contribution in [-0.4, -0.2) is 53.8 Å². The van der Waals surface area contributed by atoms with Crippen LogP contribution in [0.15, 0.2) is 53.6 Å². The van der Waals surface area contributed by atoms with Gasteiger partial charge in [-0.1, -0.05) is 68.3 Å². The van der Waals surface area contributed by atoms with E-state index in [9.17, 15) is 8.42 Å². The van der Waals surface area contributed by atoms with E-state index in [4.69, 9.17) is 21.3 Å². The summed E-state index contributed by atoms with van der Waals surface area (Å²) >= 11 is 6.56. The average Bonchev–Trinajstić information content (AvgIpc) is 3.11. The van der Waals surface area contributed by atoms with Crippen molar-refractivity contribution in [1.82, 2.24) is 14.9 Å². The Morgan fingerprint density at radius 3 is 2.24 bits per heavy atom. The summed E-state index contributed by atoms with van der Waals surface area (Å²) in [6, 6.07) is 12.2. The van der Waals surface area contributed by atoms with E-state index in [1.807, 2.05) is 13.8 Å². The predicted octanol–water partition coefficient (Wildman–Crippen LogP) is 10.5. The van der Waals surface area contributed by atoms with Crippen LogP contribution in [0.1, 0.15) is 109 Å². The van der Waals surface area contributed by atoms with Gasteiger partial charge in [0.25, 0.3) is 0 Å². The van der Waals surface area contributed by atoms with E-state index in [1.165, 1.54) is 87.1 Å². The van der Waals surface area contributed by atoms with Crippen molar-refractivity contribution in [1.29, 1.82) is 0 Å². The maximum atomic E-state index is 13.1. The van der Waals surface area contributed by atoms with E-state index in [1.54, 1.807) is 38.1 Å². The van der Waals surface area contributed by atoms with Crippen LogP contribution in [0, 0.1) is 18.8 Å². The molecule has 3 aromatic rings. The first-order valence-corrected chi connectivity index (χ1v) is 21.0. The molecule has 3 aliphatic rings. The van der Waals surface area contributed by atoms with Gasteiger partial charge >= 0.3 is 0 Å². The highest BCUT2D eigenvalue weighted by Gasteiger charge is 2.38. The van der Waals surface area contributed by atoms with Crippen molar-refractivity contribution in [2.75, 3.05) is 17.7 Å². The van der Waals surface area contributed by atoms with Crippen molar-refractivity contribution >= 4 is 50.2 Å². The molecule has 0 spiro atoms. The van der Waals surface area contributed by atoms with E-state index in [0.717, 1.165) is 23.8 Å². The largest absolute Gasteiger partial charge is 0.489 e. The van der Waals surface area contributed by atoms with E-state index in [2.05, 4.69) is 52.7 Å². The topological polar surface area (TPSA) is 96.5 Å². The summed E-state index contributed by atoms with van der Waals surface area (Å²) in [5.41, 5.74) is 5.05. The standard InChI is InChI=1S/C41H56ClN5O3S/c1-26(2)50-38-24-32(31-22-36(29-15-9-7-10-16-29)47(6)37(23-31)30-17-11-8-12-18-30)28(5)21-35(38)45-41-43-25-33(42)40(46-41)44-34-19-13-14-20-39(34)51(48,49)27(3)4/h13-14,19-22,24-27,29-30,36-37H,7-12,15-18,23H2,1-6H3,(H2,43,44,45,46)/t36-,37+/m0/s1. The van der Waals surface area contributed by atoms with Crippen LogP contribution < -0.4 is 15.4 Å². The van der Waals surface area contributed by atoms with Gasteiger partial charge in [-0.3, -0.25) is 4.90 Å². The number of ether oxygens (including phenoxy) is 1. The van der Waals surface area contributed by atoms with Gasteiger partial charge in [-0.2, -0.15) is 4.98 Å². The Labute approximate surface area is 310 Å². The number of benzene rings is 2. The molecule has 2 aliphatic carbocycles. The van der Waals surface area contributed by atoms with Gasteiger partial charge in [-0.05, 0) is 127 Å². The summed E-state index contributed by atoms with van der Waals surface area (Å²) in [5, 5.41) is 6.26. The number of aryl methyl sites for hydroxylation is 1. The number of halogens is 1. The molecule has 2 atom stereocenters. The Kier molecular flexibility index (Phi) is 12.0. The lowest BCUT2D eigenvalue weighted by Crippen LogP contribution is -2.50. The van der Waals surface area contributed by atoms with Crippen LogP contribution >= 0.6 is 11.6 Å². The molecule has 1 aliphatic heterocycles. The van der Waals surface area contributed by atoms with Crippen LogP contribution in [0.5, 0.6) is 5.75 Å². The number of anilines is 4. The number of nitrogens with zero attached hydrogens (tertiary/aromatic N) is 3. The maximum Gasteiger partial charge on any atom is 0.229 e. The quantitative estimate of drug-likeness (QED) is 0.201. The summed E-state index contributed by atoms with van der Waals surface area (Å²) in [7, 11) is -1.15. The molecule has 2 fully saturated rings. The minimum absolute atomic E-state index is 0.0414. The third-order valence-corrected chi connectivity index (χ3v) is 13.7. The lowest BCUT2D eigenvalue weighted by atomic mass is 9.74. The molecule has 2 aromatic carbocycles. The fraction of sp³-hybridized carbons (Fsp3) is 0.561. The summed E-state index contributed by atoms with van der Waals surface area (Å²) < 4.78 is 32.7. The minimum Gasteiger partial charge on any atom is -0.489 e. The monoisotopic (exact) mass is 733 g/mol.